The molecule has 23 heavy (non-hydrogen) atoms. The van der Waals surface area contributed by atoms with Crippen molar-refractivity contribution >= 4 is 11.3 Å². The Morgan fingerprint density at radius 1 is 1.43 bits per heavy atom. The second-order valence-electron chi connectivity index (χ2n) is 6.58. The largest absolute Gasteiger partial charge is 0.377 e. The number of ether oxygens (including phenoxy) is 2. The first-order valence-electron chi connectivity index (χ1n) is 8.28. The van der Waals surface area contributed by atoms with Crippen LogP contribution in [0.4, 0.5) is 0 Å². The average Bonchev–Trinajstić information content (AvgIpc) is 3.25. The van der Waals surface area contributed by atoms with Gasteiger partial charge in [0.25, 0.3) is 0 Å². The Morgan fingerprint density at radius 2 is 2.43 bits per heavy atom. The van der Waals surface area contributed by atoms with Gasteiger partial charge >= 0.3 is 0 Å². The molecule has 2 aliphatic heterocycles. The first-order chi connectivity index (χ1) is 11.3. The van der Waals surface area contributed by atoms with Crippen molar-refractivity contribution in [2.75, 3.05) is 26.3 Å². The summed E-state index contributed by atoms with van der Waals surface area (Å²) >= 11 is 1.76. The average molecular weight is 333 g/mol. The van der Waals surface area contributed by atoms with Crippen LogP contribution in [-0.4, -0.2) is 52.7 Å². The van der Waals surface area contributed by atoms with E-state index in [1.54, 1.807) is 11.3 Å². The Balaban J connectivity index is 1.40. The van der Waals surface area contributed by atoms with Crippen LogP contribution in [0.5, 0.6) is 0 Å². The van der Waals surface area contributed by atoms with Gasteiger partial charge in [0.15, 0.2) is 0 Å². The van der Waals surface area contributed by atoms with Crippen molar-refractivity contribution in [3.8, 4) is 0 Å². The maximum Gasteiger partial charge on any atom is 0.105 e. The first-order valence-corrected chi connectivity index (χ1v) is 9.22. The van der Waals surface area contributed by atoms with Crippen LogP contribution in [0.25, 0.3) is 0 Å². The summed E-state index contributed by atoms with van der Waals surface area (Å²) in [4.78, 5) is 2.48. The fourth-order valence-corrected chi connectivity index (χ4v) is 4.28. The van der Waals surface area contributed by atoms with Crippen LogP contribution in [-0.2, 0) is 22.6 Å². The minimum Gasteiger partial charge on any atom is -0.377 e. The smallest absolute Gasteiger partial charge is 0.105 e. The lowest BCUT2D eigenvalue weighted by Crippen LogP contribution is -2.44. The van der Waals surface area contributed by atoms with Gasteiger partial charge in [0.2, 0.25) is 0 Å². The van der Waals surface area contributed by atoms with Gasteiger partial charge in [-0.05, 0) is 41.3 Å². The molecule has 0 N–H and O–H groups in total. The normalized spacial score (nSPS) is 29.1. The van der Waals surface area contributed by atoms with Gasteiger partial charge < -0.3 is 9.47 Å². The predicted octanol–water partition coefficient (Wildman–Crippen LogP) is 2.39. The summed E-state index contributed by atoms with van der Waals surface area (Å²) in [6, 6.07) is 4.17. The summed E-state index contributed by atoms with van der Waals surface area (Å²) < 4.78 is 14.3. The summed E-state index contributed by atoms with van der Waals surface area (Å²) in [7, 11) is 0. The highest BCUT2D eigenvalue weighted by Crippen LogP contribution is 2.34. The minimum atomic E-state index is -0.148. The molecule has 5 nitrogen and oxygen atoms in total. The van der Waals surface area contributed by atoms with Crippen molar-refractivity contribution in [1.29, 1.82) is 0 Å². The number of hydrogen-bond acceptors (Lipinski definition) is 5. The van der Waals surface area contributed by atoms with E-state index in [-0.39, 0.29) is 11.7 Å². The molecule has 1 spiro atoms. The van der Waals surface area contributed by atoms with E-state index in [2.05, 4.69) is 26.8 Å². The van der Waals surface area contributed by atoms with Crippen LogP contribution in [0.2, 0.25) is 0 Å². The summed E-state index contributed by atoms with van der Waals surface area (Å²) in [6.45, 7) is 5.26. The van der Waals surface area contributed by atoms with Gasteiger partial charge in [0.05, 0.1) is 25.9 Å². The van der Waals surface area contributed by atoms with E-state index in [9.17, 15) is 0 Å². The van der Waals surface area contributed by atoms with Crippen molar-refractivity contribution in [3.63, 3.8) is 0 Å². The molecule has 0 aromatic carbocycles. The molecule has 4 heterocycles. The van der Waals surface area contributed by atoms with Crippen molar-refractivity contribution < 1.29 is 9.47 Å². The molecule has 2 fully saturated rings. The lowest BCUT2D eigenvalue weighted by atomic mass is 10.00. The van der Waals surface area contributed by atoms with Crippen molar-refractivity contribution in [2.24, 2.45) is 0 Å². The van der Waals surface area contributed by atoms with E-state index >= 15 is 0 Å². The molecule has 0 saturated carbocycles. The number of rotatable bonds is 4. The zero-order chi connectivity index (χ0) is 15.5. The number of hydrogen-bond donors (Lipinski definition) is 0. The van der Waals surface area contributed by atoms with Gasteiger partial charge in [-0.1, -0.05) is 0 Å². The van der Waals surface area contributed by atoms with E-state index < -0.39 is 0 Å². The van der Waals surface area contributed by atoms with Crippen LogP contribution < -0.4 is 0 Å². The molecule has 0 unspecified atom stereocenters. The van der Waals surface area contributed by atoms with E-state index in [1.165, 1.54) is 5.56 Å². The van der Waals surface area contributed by atoms with Crippen LogP contribution in [0.1, 0.15) is 18.4 Å². The van der Waals surface area contributed by atoms with Crippen molar-refractivity contribution in [3.05, 3.63) is 40.8 Å². The Kier molecular flexibility index (Phi) is 4.48. The van der Waals surface area contributed by atoms with Gasteiger partial charge in [-0.3, -0.25) is 9.58 Å². The molecule has 124 valence electrons. The topological polar surface area (TPSA) is 39.5 Å². The summed E-state index contributed by atoms with van der Waals surface area (Å²) in [5.74, 6) is 0. The number of thiophene rings is 1. The van der Waals surface area contributed by atoms with Gasteiger partial charge in [-0.25, -0.2) is 0 Å². The monoisotopic (exact) mass is 333 g/mol. The highest BCUT2D eigenvalue weighted by atomic mass is 32.1. The zero-order valence-corrected chi connectivity index (χ0v) is 14.1. The SMILES string of the molecule is c1cnn(C[C@@H]2CC[C@@]3(COCCN(Cc4ccsc4)C3)O2)c1. The quantitative estimate of drug-likeness (QED) is 0.861. The molecule has 6 heteroatoms. The fraction of sp³-hybridized carbons (Fsp3) is 0.588. The highest BCUT2D eigenvalue weighted by Gasteiger charge is 2.43. The van der Waals surface area contributed by atoms with Crippen LogP contribution in [0, 0.1) is 0 Å². The molecule has 0 amide bonds. The Morgan fingerprint density at radius 3 is 3.26 bits per heavy atom. The summed E-state index contributed by atoms with van der Waals surface area (Å²) in [5, 5.41) is 8.67. The maximum absolute atomic E-state index is 6.47. The predicted molar refractivity (Wildman–Crippen MR) is 89.5 cm³/mol. The molecule has 2 aromatic heterocycles. The second-order valence-corrected chi connectivity index (χ2v) is 7.36. The van der Waals surface area contributed by atoms with E-state index in [4.69, 9.17) is 9.47 Å². The van der Waals surface area contributed by atoms with Gasteiger partial charge in [-0.2, -0.15) is 16.4 Å². The Bertz CT molecular complexity index is 601. The summed E-state index contributed by atoms with van der Waals surface area (Å²) in [5.41, 5.74) is 1.24. The van der Waals surface area contributed by atoms with Crippen molar-refractivity contribution in [2.45, 2.75) is 37.6 Å². The van der Waals surface area contributed by atoms with Crippen LogP contribution >= 0.6 is 11.3 Å². The van der Waals surface area contributed by atoms with E-state index in [0.29, 0.717) is 6.61 Å². The lowest BCUT2D eigenvalue weighted by molar-refractivity contribution is -0.0904. The van der Waals surface area contributed by atoms with Crippen LogP contribution in [0.15, 0.2) is 35.3 Å². The van der Waals surface area contributed by atoms with Crippen molar-refractivity contribution in [1.82, 2.24) is 14.7 Å². The van der Waals surface area contributed by atoms with E-state index in [0.717, 1.165) is 45.6 Å². The Hall–Kier alpha value is -1.21. The second kappa shape index (κ2) is 6.73. The van der Waals surface area contributed by atoms with Gasteiger partial charge in [0, 0.05) is 32.0 Å². The van der Waals surface area contributed by atoms with Crippen LogP contribution in [0.3, 0.4) is 0 Å². The lowest BCUT2D eigenvalue weighted by Gasteiger charge is -2.31. The van der Waals surface area contributed by atoms with Gasteiger partial charge in [-0.15, -0.1) is 0 Å². The fourth-order valence-electron chi connectivity index (χ4n) is 3.62. The molecule has 4 rings (SSSR count). The third-order valence-corrected chi connectivity index (χ3v) is 5.44. The third kappa shape index (κ3) is 3.66. The highest BCUT2D eigenvalue weighted by molar-refractivity contribution is 7.07. The molecule has 2 aliphatic rings. The number of nitrogens with zero attached hydrogens (tertiary/aromatic N) is 3. The molecule has 2 atom stereocenters. The molecule has 0 bridgehead atoms. The zero-order valence-electron chi connectivity index (χ0n) is 13.3. The molecule has 2 aromatic rings. The Labute approximate surface area is 140 Å². The number of aromatic nitrogens is 2. The molecular formula is C17H23N3O2S. The third-order valence-electron chi connectivity index (χ3n) is 4.70. The van der Waals surface area contributed by atoms with Gasteiger partial charge in [0.1, 0.15) is 5.60 Å². The molecule has 0 aliphatic carbocycles. The maximum atomic E-state index is 6.47. The first kappa shape index (κ1) is 15.3. The molecular weight excluding hydrogens is 310 g/mol. The van der Waals surface area contributed by atoms with E-state index in [1.807, 2.05) is 23.1 Å². The molecule has 0 radical (unpaired) electrons. The standard InChI is InChI=1S/C17H23N3O2S/c1-5-18-20(6-1)11-16-2-4-17(22-16)13-19(7-8-21-14-17)10-15-3-9-23-12-15/h1,3,5-6,9,12,16H,2,4,7-8,10-11,13-14H2/t16-,17+/m0/s1. The minimum absolute atomic E-state index is 0.148. The summed E-state index contributed by atoms with van der Waals surface area (Å²) in [6.07, 6.45) is 6.21. The molecule has 2 saturated heterocycles.